The maximum atomic E-state index is 6.97. The maximum absolute atomic E-state index is 6.97. The third kappa shape index (κ3) is 1.81. The maximum Gasteiger partial charge on any atom is 0.312 e. The lowest BCUT2D eigenvalue weighted by Crippen LogP contribution is -2.10. The highest BCUT2D eigenvalue weighted by atomic mass is 127. The molecule has 0 fully saturated rings. The van der Waals surface area contributed by atoms with Gasteiger partial charge in [0.05, 0.1) is 0 Å². The Morgan fingerprint density at radius 3 is 2.33 bits per heavy atom. The summed E-state index contributed by atoms with van der Waals surface area (Å²) in [6.45, 7) is 1.71. The van der Waals surface area contributed by atoms with Crippen LogP contribution in [0.4, 0.5) is 0 Å². The van der Waals surface area contributed by atoms with E-state index in [1.165, 1.54) is 4.68 Å². The molecule has 1 heterocycles. The minimum absolute atomic E-state index is 0. The second kappa shape index (κ2) is 3.00. The lowest BCUT2D eigenvalue weighted by molar-refractivity contribution is 0.446. The van der Waals surface area contributed by atoms with Crippen molar-refractivity contribution in [3.8, 4) is 0 Å². The SMILES string of the molecule is Cc1nn(C)c(=N)o1.I. The molecule has 5 heteroatoms. The molecule has 0 saturated heterocycles. The van der Waals surface area contributed by atoms with Crippen LogP contribution in [0.1, 0.15) is 5.89 Å². The van der Waals surface area contributed by atoms with E-state index in [0.717, 1.165) is 0 Å². The molecule has 0 unspecified atom stereocenters. The van der Waals surface area contributed by atoms with Crippen LogP contribution >= 0.6 is 24.0 Å². The summed E-state index contributed by atoms with van der Waals surface area (Å²) in [6.07, 6.45) is 0. The van der Waals surface area contributed by atoms with E-state index in [2.05, 4.69) is 5.10 Å². The number of rotatable bonds is 0. The van der Waals surface area contributed by atoms with Crippen LogP contribution in [0.2, 0.25) is 0 Å². The smallest absolute Gasteiger partial charge is 0.312 e. The third-order valence-corrected chi connectivity index (χ3v) is 0.829. The first-order valence-corrected chi connectivity index (χ1v) is 2.25. The normalized spacial score (nSPS) is 8.67. The minimum Gasteiger partial charge on any atom is -0.409 e. The second-order valence-electron chi connectivity index (χ2n) is 1.55. The van der Waals surface area contributed by atoms with E-state index in [-0.39, 0.29) is 29.7 Å². The van der Waals surface area contributed by atoms with E-state index in [4.69, 9.17) is 9.83 Å². The van der Waals surface area contributed by atoms with Crippen LogP contribution in [0.25, 0.3) is 0 Å². The molecular formula is C4H8IN3O. The quantitative estimate of drug-likeness (QED) is 0.669. The number of hydrogen-bond acceptors (Lipinski definition) is 3. The van der Waals surface area contributed by atoms with Gasteiger partial charge in [-0.15, -0.1) is 29.1 Å². The van der Waals surface area contributed by atoms with Crippen LogP contribution in [0, 0.1) is 12.3 Å². The van der Waals surface area contributed by atoms with Gasteiger partial charge >= 0.3 is 5.68 Å². The first kappa shape index (κ1) is 8.67. The summed E-state index contributed by atoms with van der Waals surface area (Å²) in [4.78, 5) is 0. The van der Waals surface area contributed by atoms with E-state index >= 15 is 0 Å². The van der Waals surface area contributed by atoms with Crippen LogP contribution in [-0.4, -0.2) is 9.78 Å². The number of nitrogens with one attached hydrogen (secondary N) is 1. The molecule has 0 saturated carbocycles. The number of nitrogens with zero attached hydrogens (tertiary/aromatic N) is 2. The lowest BCUT2D eigenvalue weighted by atomic mass is 10.8. The molecule has 0 spiro atoms. The zero-order valence-corrected chi connectivity index (χ0v) is 7.54. The number of aryl methyl sites for hydroxylation is 2. The van der Waals surface area contributed by atoms with E-state index in [1.807, 2.05) is 0 Å². The Morgan fingerprint density at radius 1 is 1.67 bits per heavy atom. The Balaban J connectivity index is 0.000000640. The molecule has 0 amide bonds. The van der Waals surface area contributed by atoms with Crippen molar-refractivity contribution in [2.24, 2.45) is 7.05 Å². The average Bonchev–Trinajstić information content (AvgIpc) is 1.85. The van der Waals surface area contributed by atoms with Crippen LogP contribution < -0.4 is 5.68 Å². The third-order valence-electron chi connectivity index (χ3n) is 0.829. The largest absolute Gasteiger partial charge is 0.409 e. The molecule has 0 aromatic carbocycles. The van der Waals surface area contributed by atoms with Gasteiger partial charge in [-0.2, -0.15) is 0 Å². The summed E-state index contributed by atoms with van der Waals surface area (Å²) < 4.78 is 6.10. The highest BCUT2D eigenvalue weighted by Gasteiger charge is 1.91. The Labute approximate surface area is 69.4 Å². The first-order valence-electron chi connectivity index (χ1n) is 2.25. The predicted octanol–water partition coefficient (Wildman–Crippen LogP) is 0.419. The molecule has 0 aliphatic heterocycles. The van der Waals surface area contributed by atoms with Crippen LogP contribution in [0.15, 0.2) is 4.42 Å². The van der Waals surface area contributed by atoms with Crippen molar-refractivity contribution in [3.05, 3.63) is 11.6 Å². The fourth-order valence-corrected chi connectivity index (χ4v) is 0.483. The summed E-state index contributed by atoms with van der Waals surface area (Å²) in [6, 6.07) is 0. The van der Waals surface area contributed by atoms with Crippen LogP contribution in [-0.2, 0) is 7.05 Å². The summed E-state index contributed by atoms with van der Waals surface area (Å²) in [7, 11) is 1.67. The molecule has 4 nitrogen and oxygen atoms in total. The van der Waals surface area contributed by atoms with Gasteiger partial charge in [-0.1, -0.05) is 0 Å². The molecule has 0 atom stereocenters. The lowest BCUT2D eigenvalue weighted by Gasteiger charge is -1.75. The van der Waals surface area contributed by atoms with Crippen molar-refractivity contribution < 1.29 is 4.42 Å². The van der Waals surface area contributed by atoms with Gasteiger partial charge in [0.2, 0.25) is 5.89 Å². The monoisotopic (exact) mass is 241 g/mol. The van der Waals surface area contributed by atoms with Crippen molar-refractivity contribution in [3.63, 3.8) is 0 Å². The van der Waals surface area contributed by atoms with Gasteiger partial charge in [0.25, 0.3) is 0 Å². The van der Waals surface area contributed by atoms with E-state index in [1.54, 1.807) is 14.0 Å². The van der Waals surface area contributed by atoms with Crippen molar-refractivity contribution >= 4 is 24.0 Å². The predicted molar refractivity (Wildman–Crippen MR) is 41.5 cm³/mol. The van der Waals surface area contributed by atoms with E-state index in [0.29, 0.717) is 5.89 Å². The molecule has 1 rings (SSSR count). The first-order chi connectivity index (χ1) is 3.70. The van der Waals surface area contributed by atoms with Crippen LogP contribution in [0.3, 0.4) is 0 Å². The molecule has 1 aromatic rings. The van der Waals surface area contributed by atoms with Gasteiger partial charge in [0, 0.05) is 14.0 Å². The fraction of sp³-hybridized carbons (Fsp3) is 0.500. The topological polar surface area (TPSA) is 54.8 Å². The molecule has 9 heavy (non-hydrogen) atoms. The fourth-order valence-electron chi connectivity index (χ4n) is 0.483. The number of hydrogen-bond donors (Lipinski definition) is 1. The zero-order valence-electron chi connectivity index (χ0n) is 5.21. The molecule has 0 aliphatic carbocycles. The Bertz CT molecular complexity index is 238. The Hall–Kier alpha value is -0.330. The van der Waals surface area contributed by atoms with Gasteiger partial charge in [-0.05, 0) is 0 Å². The highest BCUT2D eigenvalue weighted by Crippen LogP contribution is 1.79. The van der Waals surface area contributed by atoms with E-state index in [9.17, 15) is 0 Å². The van der Waals surface area contributed by atoms with Crippen molar-refractivity contribution in [1.29, 1.82) is 5.41 Å². The van der Waals surface area contributed by atoms with Crippen molar-refractivity contribution in [2.45, 2.75) is 6.92 Å². The molecule has 1 N–H and O–H groups in total. The highest BCUT2D eigenvalue weighted by molar-refractivity contribution is 14.0. The molecule has 0 aliphatic rings. The van der Waals surface area contributed by atoms with Gasteiger partial charge in [0.15, 0.2) is 0 Å². The molecular weight excluding hydrogens is 233 g/mol. The second-order valence-corrected chi connectivity index (χ2v) is 1.55. The van der Waals surface area contributed by atoms with Gasteiger partial charge in [0.1, 0.15) is 0 Å². The molecule has 0 radical (unpaired) electrons. The minimum atomic E-state index is 0. The molecule has 52 valence electrons. The number of aromatic nitrogens is 2. The van der Waals surface area contributed by atoms with Gasteiger partial charge < -0.3 is 4.42 Å². The number of halogens is 1. The Morgan fingerprint density at radius 2 is 2.22 bits per heavy atom. The summed E-state index contributed by atoms with van der Waals surface area (Å²) in [5.41, 5.74) is 0.0856. The van der Waals surface area contributed by atoms with Crippen molar-refractivity contribution in [2.75, 3.05) is 0 Å². The summed E-state index contributed by atoms with van der Waals surface area (Å²) in [5, 5.41) is 10.7. The average molecular weight is 241 g/mol. The zero-order chi connectivity index (χ0) is 6.15. The standard InChI is InChI=1S/C4H7N3O.HI/c1-3-6-7(2)4(5)8-3;/h5H,1-2H3;1H. The summed E-state index contributed by atoms with van der Waals surface area (Å²) in [5.74, 6) is 0.525. The summed E-state index contributed by atoms with van der Waals surface area (Å²) >= 11 is 0. The van der Waals surface area contributed by atoms with Gasteiger partial charge in [-0.3, -0.25) is 0 Å². The van der Waals surface area contributed by atoms with Crippen LogP contribution in [0.5, 0.6) is 0 Å². The Kier molecular flexibility index (Phi) is 2.89. The van der Waals surface area contributed by atoms with Crippen molar-refractivity contribution in [1.82, 2.24) is 9.78 Å². The molecule has 1 aromatic heterocycles. The van der Waals surface area contributed by atoms with Gasteiger partial charge in [-0.25, -0.2) is 10.1 Å². The van der Waals surface area contributed by atoms with E-state index < -0.39 is 0 Å². The molecule has 0 bridgehead atoms.